The molecule has 0 atom stereocenters. The van der Waals surface area contributed by atoms with Crippen LogP contribution in [-0.2, 0) is 4.74 Å². The Balaban J connectivity index is 1.71. The number of hydrogen-bond acceptors (Lipinski definition) is 5. The number of benzene rings is 2. The summed E-state index contributed by atoms with van der Waals surface area (Å²) >= 11 is 0. The van der Waals surface area contributed by atoms with E-state index in [0.717, 1.165) is 16.7 Å². The fraction of sp³-hybridized carbons (Fsp3) is 0.174. The molecule has 1 N–H and O–H groups in total. The number of ether oxygens (including phenoxy) is 1. The normalized spacial score (nSPS) is 10.4. The first-order valence-electron chi connectivity index (χ1n) is 9.09. The topological polar surface area (TPSA) is 85.6 Å². The highest BCUT2D eigenvalue weighted by Crippen LogP contribution is 2.19. The first kappa shape index (κ1) is 20.1. The standard InChI is InChI=1S/C23H21NO5/c1-14-11-16(3)18(12-15(14)2)20(25)13-29-23(27)17-7-4-5-8-19(17)24-22(26)21-9-6-10-28-21/h4-12H,13H2,1-3H3,(H,24,26). The molecule has 0 bridgehead atoms. The number of hydrogen-bond donors (Lipinski definition) is 1. The summed E-state index contributed by atoms with van der Waals surface area (Å²) in [5.41, 5.74) is 3.87. The summed E-state index contributed by atoms with van der Waals surface area (Å²) in [5, 5.41) is 2.62. The van der Waals surface area contributed by atoms with E-state index >= 15 is 0 Å². The van der Waals surface area contributed by atoms with Gasteiger partial charge in [0.25, 0.3) is 5.91 Å². The maximum Gasteiger partial charge on any atom is 0.340 e. The Morgan fingerprint density at radius 3 is 2.34 bits per heavy atom. The molecule has 1 amide bonds. The van der Waals surface area contributed by atoms with E-state index in [1.165, 1.54) is 18.4 Å². The first-order valence-corrected chi connectivity index (χ1v) is 9.09. The number of para-hydroxylation sites is 1. The third kappa shape index (κ3) is 4.60. The summed E-state index contributed by atoms with van der Waals surface area (Å²) in [6.45, 7) is 5.36. The van der Waals surface area contributed by atoms with Gasteiger partial charge in [0.2, 0.25) is 5.78 Å². The summed E-state index contributed by atoms with van der Waals surface area (Å²) in [6.07, 6.45) is 1.38. The lowest BCUT2D eigenvalue weighted by Crippen LogP contribution is -2.18. The van der Waals surface area contributed by atoms with Crippen LogP contribution in [0.3, 0.4) is 0 Å². The largest absolute Gasteiger partial charge is 0.459 e. The van der Waals surface area contributed by atoms with Crippen molar-refractivity contribution in [1.82, 2.24) is 0 Å². The van der Waals surface area contributed by atoms with Crippen LogP contribution in [0.4, 0.5) is 5.69 Å². The molecule has 0 saturated heterocycles. The molecule has 1 aromatic heterocycles. The van der Waals surface area contributed by atoms with E-state index in [1.54, 1.807) is 30.3 Å². The average Bonchev–Trinajstić information content (AvgIpc) is 3.24. The van der Waals surface area contributed by atoms with Crippen molar-refractivity contribution in [3.05, 3.63) is 88.4 Å². The summed E-state index contributed by atoms with van der Waals surface area (Å²) in [7, 11) is 0. The lowest BCUT2D eigenvalue weighted by Gasteiger charge is -2.11. The third-order valence-corrected chi connectivity index (χ3v) is 4.62. The number of rotatable bonds is 6. The lowest BCUT2D eigenvalue weighted by atomic mass is 9.98. The molecule has 2 aromatic carbocycles. The van der Waals surface area contributed by atoms with E-state index < -0.39 is 11.9 Å². The molecule has 0 aliphatic heterocycles. The van der Waals surface area contributed by atoms with Crippen molar-refractivity contribution in [3.63, 3.8) is 0 Å². The highest BCUT2D eigenvalue weighted by molar-refractivity contribution is 6.07. The van der Waals surface area contributed by atoms with Crippen molar-refractivity contribution >= 4 is 23.3 Å². The van der Waals surface area contributed by atoms with Gasteiger partial charge in [-0.1, -0.05) is 18.2 Å². The van der Waals surface area contributed by atoms with Gasteiger partial charge in [-0.15, -0.1) is 0 Å². The second-order valence-corrected chi connectivity index (χ2v) is 6.73. The van der Waals surface area contributed by atoms with Crippen LogP contribution in [0.2, 0.25) is 0 Å². The van der Waals surface area contributed by atoms with Gasteiger partial charge in [0, 0.05) is 5.56 Å². The number of nitrogens with one attached hydrogen (secondary N) is 1. The molecule has 3 aromatic rings. The number of amides is 1. The van der Waals surface area contributed by atoms with Crippen LogP contribution in [-0.4, -0.2) is 24.3 Å². The second-order valence-electron chi connectivity index (χ2n) is 6.73. The van der Waals surface area contributed by atoms with Gasteiger partial charge in [0.05, 0.1) is 17.5 Å². The lowest BCUT2D eigenvalue weighted by molar-refractivity contribution is 0.0475. The Bertz CT molecular complexity index is 1070. The predicted octanol–water partition coefficient (Wildman–Crippen LogP) is 4.50. The van der Waals surface area contributed by atoms with Crippen LogP contribution in [0.25, 0.3) is 0 Å². The summed E-state index contributed by atoms with van der Waals surface area (Å²) < 4.78 is 10.3. The van der Waals surface area contributed by atoms with Crippen molar-refractivity contribution in [2.24, 2.45) is 0 Å². The van der Waals surface area contributed by atoms with E-state index in [4.69, 9.17) is 9.15 Å². The van der Waals surface area contributed by atoms with Gasteiger partial charge < -0.3 is 14.5 Å². The molecule has 0 radical (unpaired) electrons. The average molecular weight is 391 g/mol. The monoisotopic (exact) mass is 391 g/mol. The van der Waals surface area contributed by atoms with Crippen LogP contribution in [0.5, 0.6) is 0 Å². The molecular weight excluding hydrogens is 370 g/mol. The molecule has 6 heteroatoms. The summed E-state index contributed by atoms with van der Waals surface area (Å²) in [6, 6.07) is 13.3. The van der Waals surface area contributed by atoms with E-state index in [-0.39, 0.29) is 29.4 Å². The van der Waals surface area contributed by atoms with Crippen LogP contribution >= 0.6 is 0 Å². The highest BCUT2D eigenvalue weighted by atomic mass is 16.5. The van der Waals surface area contributed by atoms with Gasteiger partial charge in [0.1, 0.15) is 0 Å². The Kier molecular flexibility index (Phi) is 5.93. The minimum Gasteiger partial charge on any atom is -0.459 e. The molecule has 0 saturated carbocycles. The van der Waals surface area contributed by atoms with Crippen molar-refractivity contribution in [2.45, 2.75) is 20.8 Å². The van der Waals surface area contributed by atoms with E-state index in [2.05, 4.69) is 5.32 Å². The molecule has 0 spiro atoms. The zero-order valence-electron chi connectivity index (χ0n) is 16.4. The molecule has 0 fully saturated rings. The predicted molar refractivity (Wildman–Crippen MR) is 108 cm³/mol. The molecule has 0 aliphatic carbocycles. The Labute approximate surface area is 168 Å². The number of aryl methyl sites for hydroxylation is 3. The zero-order chi connectivity index (χ0) is 21.0. The third-order valence-electron chi connectivity index (χ3n) is 4.62. The summed E-state index contributed by atoms with van der Waals surface area (Å²) in [4.78, 5) is 37.2. The number of Topliss-reactive ketones (excluding diaryl/α,β-unsaturated/α-hetero) is 1. The number of furan rings is 1. The van der Waals surface area contributed by atoms with E-state index in [0.29, 0.717) is 5.56 Å². The fourth-order valence-electron chi connectivity index (χ4n) is 2.91. The number of esters is 1. The maximum absolute atomic E-state index is 12.5. The number of carbonyl (C=O) groups is 3. The number of ketones is 1. The molecule has 3 rings (SSSR count). The minimum atomic E-state index is -0.699. The molecule has 0 unspecified atom stereocenters. The van der Waals surface area contributed by atoms with Crippen molar-refractivity contribution in [3.8, 4) is 0 Å². The highest BCUT2D eigenvalue weighted by Gasteiger charge is 2.18. The Hall–Kier alpha value is -3.67. The number of anilines is 1. The Morgan fingerprint density at radius 1 is 0.897 bits per heavy atom. The van der Waals surface area contributed by atoms with Gasteiger partial charge in [-0.3, -0.25) is 9.59 Å². The van der Waals surface area contributed by atoms with Gasteiger partial charge >= 0.3 is 5.97 Å². The van der Waals surface area contributed by atoms with Crippen LogP contribution < -0.4 is 5.32 Å². The van der Waals surface area contributed by atoms with Gasteiger partial charge in [0.15, 0.2) is 12.4 Å². The zero-order valence-corrected chi connectivity index (χ0v) is 16.4. The van der Waals surface area contributed by atoms with Crippen LogP contribution in [0.1, 0.15) is 48.0 Å². The van der Waals surface area contributed by atoms with Crippen molar-refractivity contribution < 1.29 is 23.5 Å². The summed E-state index contributed by atoms with van der Waals surface area (Å²) in [5.74, 6) is -1.35. The first-order chi connectivity index (χ1) is 13.9. The van der Waals surface area contributed by atoms with Crippen molar-refractivity contribution in [1.29, 1.82) is 0 Å². The molecule has 0 aliphatic rings. The van der Waals surface area contributed by atoms with Crippen molar-refractivity contribution in [2.75, 3.05) is 11.9 Å². The Morgan fingerprint density at radius 2 is 1.62 bits per heavy atom. The molecule has 6 nitrogen and oxygen atoms in total. The smallest absolute Gasteiger partial charge is 0.340 e. The van der Waals surface area contributed by atoms with Gasteiger partial charge in [-0.2, -0.15) is 0 Å². The minimum absolute atomic E-state index is 0.119. The molecule has 29 heavy (non-hydrogen) atoms. The fourth-order valence-corrected chi connectivity index (χ4v) is 2.91. The quantitative estimate of drug-likeness (QED) is 0.494. The van der Waals surface area contributed by atoms with Crippen LogP contribution in [0.15, 0.2) is 59.2 Å². The van der Waals surface area contributed by atoms with E-state index in [9.17, 15) is 14.4 Å². The second kappa shape index (κ2) is 8.56. The van der Waals surface area contributed by atoms with Crippen LogP contribution in [0, 0.1) is 20.8 Å². The number of carbonyl (C=O) groups excluding carboxylic acids is 3. The SMILES string of the molecule is Cc1cc(C)c(C(=O)COC(=O)c2ccccc2NC(=O)c2ccco2)cc1C. The van der Waals surface area contributed by atoms with E-state index in [1.807, 2.05) is 26.8 Å². The maximum atomic E-state index is 12.5. The molecule has 1 heterocycles. The molecule has 148 valence electrons. The van der Waals surface area contributed by atoms with Gasteiger partial charge in [-0.05, 0) is 67.8 Å². The molecular formula is C23H21NO5. The van der Waals surface area contributed by atoms with Gasteiger partial charge in [-0.25, -0.2) is 4.79 Å².